The van der Waals surface area contributed by atoms with Gasteiger partial charge in [-0.3, -0.25) is 10.1 Å². The Hall–Kier alpha value is -2.48. The fourth-order valence-corrected chi connectivity index (χ4v) is 1.39. The van der Waals surface area contributed by atoms with Crippen LogP contribution in [0.3, 0.4) is 0 Å². The zero-order chi connectivity index (χ0) is 14.0. The molecule has 19 heavy (non-hydrogen) atoms. The van der Waals surface area contributed by atoms with Crippen molar-refractivity contribution in [3.05, 3.63) is 45.6 Å². The smallest absolute Gasteiger partial charge is 0.311 e. The largest absolute Gasteiger partial charge is 0.430 e. The summed E-state index contributed by atoms with van der Waals surface area (Å²) in [4.78, 5) is 17.3. The van der Waals surface area contributed by atoms with E-state index in [4.69, 9.17) is 22.1 Å². The standard InChI is InChI=1S/C10H6ClFN4O3/c11-9-8(13)10(15-4-14-9)19-7-3-5(12)1-2-6(7)16(17)18/h1-4H,13H2. The van der Waals surface area contributed by atoms with E-state index in [-0.39, 0.29) is 22.5 Å². The number of rotatable bonds is 3. The third-order valence-corrected chi connectivity index (χ3v) is 2.43. The zero-order valence-corrected chi connectivity index (χ0v) is 9.96. The number of anilines is 1. The van der Waals surface area contributed by atoms with Crippen molar-refractivity contribution in [3.8, 4) is 11.6 Å². The van der Waals surface area contributed by atoms with Crippen LogP contribution in [0, 0.1) is 15.9 Å². The SMILES string of the molecule is Nc1c(Cl)ncnc1Oc1cc(F)ccc1[N+](=O)[O-]. The number of ether oxygens (including phenoxy) is 1. The molecule has 1 aromatic heterocycles. The molecule has 2 rings (SSSR count). The van der Waals surface area contributed by atoms with Gasteiger partial charge in [0.05, 0.1) is 4.92 Å². The van der Waals surface area contributed by atoms with Crippen molar-refractivity contribution in [1.82, 2.24) is 9.97 Å². The number of benzene rings is 1. The Kier molecular flexibility index (Phi) is 3.43. The second-order valence-corrected chi connectivity index (χ2v) is 3.71. The maximum Gasteiger partial charge on any atom is 0.311 e. The molecule has 0 unspecified atom stereocenters. The first kappa shape index (κ1) is 13.0. The third-order valence-electron chi connectivity index (χ3n) is 2.12. The minimum atomic E-state index is -0.715. The van der Waals surface area contributed by atoms with E-state index in [1.807, 2.05) is 0 Å². The van der Waals surface area contributed by atoms with Gasteiger partial charge in [-0.15, -0.1) is 0 Å². The first-order valence-electron chi connectivity index (χ1n) is 4.87. The summed E-state index contributed by atoms with van der Waals surface area (Å²) in [5, 5.41) is 10.7. The third kappa shape index (κ3) is 2.68. The van der Waals surface area contributed by atoms with E-state index in [2.05, 4.69) is 9.97 Å². The van der Waals surface area contributed by atoms with Crippen molar-refractivity contribution in [1.29, 1.82) is 0 Å². The molecule has 98 valence electrons. The lowest BCUT2D eigenvalue weighted by atomic mass is 10.3. The Morgan fingerprint density at radius 2 is 2.16 bits per heavy atom. The molecule has 1 aromatic carbocycles. The number of aromatic nitrogens is 2. The lowest BCUT2D eigenvalue weighted by Gasteiger charge is -2.07. The number of hydrogen-bond acceptors (Lipinski definition) is 6. The van der Waals surface area contributed by atoms with Gasteiger partial charge in [-0.1, -0.05) is 11.6 Å². The van der Waals surface area contributed by atoms with E-state index in [1.54, 1.807) is 0 Å². The summed E-state index contributed by atoms with van der Waals surface area (Å²) in [5.41, 5.74) is 5.03. The van der Waals surface area contributed by atoms with Crippen LogP contribution in [0.2, 0.25) is 5.15 Å². The van der Waals surface area contributed by atoms with Gasteiger partial charge in [-0.2, -0.15) is 4.98 Å². The van der Waals surface area contributed by atoms with Gasteiger partial charge in [0, 0.05) is 12.1 Å². The molecule has 0 atom stereocenters. The van der Waals surface area contributed by atoms with Crippen LogP contribution < -0.4 is 10.5 Å². The van der Waals surface area contributed by atoms with E-state index < -0.39 is 16.4 Å². The van der Waals surface area contributed by atoms with E-state index >= 15 is 0 Å². The predicted octanol–water partition coefficient (Wildman–Crippen LogP) is 2.55. The Bertz CT molecular complexity index is 653. The van der Waals surface area contributed by atoms with Gasteiger partial charge in [0.2, 0.25) is 11.6 Å². The molecule has 1 heterocycles. The summed E-state index contributed by atoms with van der Waals surface area (Å²) in [6.07, 6.45) is 1.07. The van der Waals surface area contributed by atoms with Crippen LogP contribution in [-0.4, -0.2) is 14.9 Å². The quantitative estimate of drug-likeness (QED) is 0.527. The first-order chi connectivity index (χ1) is 8.99. The minimum absolute atomic E-state index is 0.0657. The molecule has 0 fully saturated rings. The van der Waals surface area contributed by atoms with E-state index in [0.717, 1.165) is 24.5 Å². The molecular weight excluding hydrogens is 279 g/mol. The summed E-state index contributed by atoms with van der Waals surface area (Å²) in [7, 11) is 0. The molecule has 0 radical (unpaired) electrons. The normalized spacial score (nSPS) is 10.2. The Morgan fingerprint density at radius 1 is 1.42 bits per heavy atom. The maximum absolute atomic E-state index is 13.1. The fourth-order valence-electron chi connectivity index (χ4n) is 1.27. The van der Waals surface area contributed by atoms with Crippen molar-refractivity contribution in [2.24, 2.45) is 0 Å². The van der Waals surface area contributed by atoms with Gasteiger partial charge in [0.15, 0.2) is 5.15 Å². The number of nitrogen functional groups attached to an aromatic ring is 1. The molecule has 2 aromatic rings. The summed E-state index contributed by atoms with van der Waals surface area (Å²) >= 11 is 5.65. The highest BCUT2D eigenvalue weighted by Gasteiger charge is 2.19. The number of halogens is 2. The van der Waals surface area contributed by atoms with Crippen LogP contribution in [0.1, 0.15) is 0 Å². The Morgan fingerprint density at radius 3 is 2.84 bits per heavy atom. The number of nitro benzene ring substituents is 1. The van der Waals surface area contributed by atoms with Crippen LogP contribution in [-0.2, 0) is 0 Å². The lowest BCUT2D eigenvalue weighted by molar-refractivity contribution is -0.385. The minimum Gasteiger partial charge on any atom is -0.430 e. The van der Waals surface area contributed by atoms with Crippen LogP contribution >= 0.6 is 11.6 Å². The summed E-state index contributed by atoms with van der Waals surface area (Å²) in [6, 6.07) is 2.78. The monoisotopic (exact) mass is 284 g/mol. The molecular formula is C10H6ClFN4O3. The van der Waals surface area contributed by atoms with E-state index in [0.29, 0.717) is 0 Å². The number of nitrogens with zero attached hydrogens (tertiary/aromatic N) is 3. The second-order valence-electron chi connectivity index (χ2n) is 3.35. The number of nitro groups is 1. The highest BCUT2D eigenvalue weighted by Crippen LogP contribution is 2.34. The van der Waals surface area contributed by atoms with Crippen LogP contribution in [0.4, 0.5) is 15.8 Å². The molecule has 0 bridgehead atoms. The van der Waals surface area contributed by atoms with Gasteiger partial charge >= 0.3 is 5.69 Å². The van der Waals surface area contributed by atoms with Gasteiger partial charge < -0.3 is 10.5 Å². The van der Waals surface area contributed by atoms with Crippen LogP contribution in [0.25, 0.3) is 0 Å². The summed E-state index contributed by atoms with van der Waals surface area (Å²) in [6.45, 7) is 0. The highest BCUT2D eigenvalue weighted by atomic mass is 35.5. The topological polar surface area (TPSA) is 104 Å². The highest BCUT2D eigenvalue weighted by molar-refractivity contribution is 6.32. The first-order valence-corrected chi connectivity index (χ1v) is 5.24. The fraction of sp³-hybridized carbons (Fsp3) is 0. The molecule has 0 amide bonds. The van der Waals surface area contributed by atoms with Crippen molar-refractivity contribution in [2.45, 2.75) is 0 Å². The average Bonchev–Trinajstić information content (AvgIpc) is 2.35. The number of hydrogen-bond donors (Lipinski definition) is 1. The Balaban J connectivity index is 2.45. The second kappa shape index (κ2) is 5.02. The molecule has 7 nitrogen and oxygen atoms in total. The molecule has 0 saturated heterocycles. The molecule has 2 N–H and O–H groups in total. The van der Waals surface area contributed by atoms with Gasteiger partial charge in [0.25, 0.3) is 0 Å². The van der Waals surface area contributed by atoms with Crippen molar-refractivity contribution >= 4 is 23.0 Å². The molecule has 0 spiro atoms. The summed E-state index contributed by atoms with van der Waals surface area (Å²) < 4.78 is 18.2. The lowest BCUT2D eigenvalue weighted by Crippen LogP contribution is -2.00. The molecule has 0 aliphatic rings. The predicted molar refractivity (Wildman–Crippen MR) is 64.6 cm³/mol. The number of nitrogens with two attached hydrogens (primary N) is 1. The van der Waals surface area contributed by atoms with Crippen molar-refractivity contribution in [3.63, 3.8) is 0 Å². The van der Waals surface area contributed by atoms with Crippen LogP contribution in [0.5, 0.6) is 11.6 Å². The van der Waals surface area contributed by atoms with Crippen molar-refractivity contribution in [2.75, 3.05) is 5.73 Å². The maximum atomic E-state index is 13.1. The molecule has 0 aliphatic heterocycles. The van der Waals surface area contributed by atoms with E-state index in [1.165, 1.54) is 0 Å². The van der Waals surface area contributed by atoms with Gasteiger partial charge in [-0.05, 0) is 6.07 Å². The van der Waals surface area contributed by atoms with Gasteiger partial charge in [-0.25, -0.2) is 9.37 Å². The zero-order valence-electron chi connectivity index (χ0n) is 9.21. The molecule has 9 heteroatoms. The Labute approximate surface area is 111 Å². The van der Waals surface area contributed by atoms with Gasteiger partial charge in [0.1, 0.15) is 17.8 Å². The summed E-state index contributed by atoms with van der Waals surface area (Å²) in [5.74, 6) is -1.21. The molecule has 0 saturated carbocycles. The van der Waals surface area contributed by atoms with E-state index in [9.17, 15) is 14.5 Å². The molecule has 0 aliphatic carbocycles. The van der Waals surface area contributed by atoms with Crippen LogP contribution in [0.15, 0.2) is 24.5 Å². The average molecular weight is 285 g/mol. The van der Waals surface area contributed by atoms with Crippen molar-refractivity contribution < 1.29 is 14.1 Å².